The lowest BCUT2D eigenvalue weighted by Gasteiger charge is -2.13. The molecular formula is C18H19N3O4S. The van der Waals surface area contributed by atoms with E-state index in [0.29, 0.717) is 22.6 Å². The summed E-state index contributed by atoms with van der Waals surface area (Å²) in [6.07, 6.45) is 0.00108. The predicted octanol–water partition coefficient (Wildman–Crippen LogP) is 3.82. The number of aryl methyl sites for hydroxylation is 1. The molecule has 7 nitrogen and oxygen atoms in total. The first kappa shape index (κ1) is 19.3. The molecule has 136 valence electrons. The molecule has 2 N–H and O–H groups in total. The van der Waals surface area contributed by atoms with Crippen molar-refractivity contribution in [3.63, 3.8) is 0 Å². The highest BCUT2D eigenvalue weighted by atomic mass is 32.1. The highest BCUT2D eigenvalue weighted by Crippen LogP contribution is 2.21. The molecule has 0 spiro atoms. The maximum absolute atomic E-state index is 12.3. The number of ether oxygens (including phenoxy) is 1. The van der Waals surface area contributed by atoms with Crippen molar-refractivity contribution >= 4 is 34.6 Å². The Morgan fingerprint density at radius 2 is 1.96 bits per heavy atom. The van der Waals surface area contributed by atoms with E-state index >= 15 is 0 Å². The standard InChI is InChI=1S/C18H19N3O4S/c1-11(2)25-15-6-4-5-13(10-15)17(22)20-18(26)19-16-8-7-14(21(23)24)9-12(16)3/h4-11H,1-3H3,(H2,19,20,22,26). The highest BCUT2D eigenvalue weighted by molar-refractivity contribution is 7.80. The van der Waals surface area contributed by atoms with Crippen LogP contribution in [0.15, 0.2) is 42.5 Å². The molecule has 0 saturated heterocycles. The van der Waals surface area contributed by atoms with Gasteiger partial charge in [0.2, 0.25) is 0 Å². The van der Waals surface area contributed by atoms with Gasteiger partial charge in [0.25, 0.3) is 11.6 Å². The van der Waals surface area contributed by atoms with Crippen LogP contribution in [-0.2, 0) is 0 Å². The average molecular weight is 373 g/mol. The molecule has 0 aromatic heterocycles. The first-order valence-corrected chi connectivity index (χ1v) is 8.31. The zero-order valence-electron chi connectivity index (χ0n) is 14.6. The lowest BCUT2D eigenvalue weighted by molar-refractivity contribution is -0.384. The van der Waals surface area contributed by atoms with Gasteiger partial charge in [-0.15, -0.1) is 0 Å². The van der Waals surface area contributed by atoms with Gasteiger partial charge >= 0.3 is 0 Å². The van der Waals surface area contributed by atoms with E-state index in [4.69, 9.17) is 17.0 Å². The van der Waals surface area contributed by atoms with Crippen molar-refractivity contribution < 1.29 is 14.5 Å². The molecule has 0 atom stereocenters. The predicted molar refractivity (Wildman–Crippen MR) is 104 cm³/mol. The van der Waals surface area contributed by atoms with E-state index in [2.05, 4.69) is 10.6 Å². The number of rotatable bonds is 5. The molecule has 1 amide bonds. The number of nitrogens with one attached hydrogen (secondary N) is 2. The summed E-state index contributed by atoms with van der Waals surface area (Å²) in [5.41, 5.74) is 1.62. The number of amides is 1. The Labute approximate surface area is 156 Å². The topological polar surface area (TPSA) is 93.5 Å². The molecule has 8 heteroatoms. The molecule has 0 bridgehead atoms. The number of nitro groups is 1. The largest absolute Gasteiger partial charge is 0.491 e. The number of carbonyl (C=O) groups is 1. The van der Waals surface area contributed by atoms with Crippen molar-refractivity contribution in [1.82, 2.24) is 5.32 Å². The lowest BCUT2D eigenvalue weighted by Crippen LogP contribution is -2.34. The minimum absolute atomic E-state index is 0.00108. The SMILES string of the molecule is Cc1cc([N+](=O)[O-])ccc1NC(=S)NC(=O)c1cccc(OC(C)C)c1. The maximum Gasteiger partial charge on any atom is 0.269 e. The number of benzene rings is 2. The molecule has 0 fully saturated rings. The van der Waals surface area contributed by atoms with Gasteiger partial charge in [0.15, 0.2) is 5.11 Å². The first-order valence-electron chi connectivity index (χ1n) is 7.90. The van der Waals surface area contributed by atoms with Gasteiger partial charge in [-0.3, -0.25) is 20.2 Å². The average Bonchev–Trinajstić information content (AvgIpc) is 2.56. The molecule has 2 aromatic carbocycles. The fraction of sp³-hybridized carbons (Fsp3) is 0.222. The van der Waals surface area contributed by atoms with Crippen LogP contribution in [0.5, 0.6) is 5.75 Å². The van der Waals surface area contributed by atoms with Gasteiger partial charge in [-0.2, -0.15) is 0 Å². The summed E-state index contributed by atoms with van der Waals surface area (Å²) in [6.45, 7) is 5.52. The molecule has 0 unspecified atom stereocenters. The number of thiocarbonyl (C=S) groups is 1. The van der Waals surface area contributed by atoms with Gasteiger partial charge in [-0.1, -0.05) is 6.07 Å². The van der Waals surface area contributed by atoms with E-state index in [-0.39, 0.29) is 22.8 Å². The zero-order valence-corrected chi connectivity index (χ0v) is 15.4. The first-order chi connectivity index (χ1) is 12.3. The molecule has 0 saturated carbocycles. The Morgan fingerprint density at radius 3 is 2.58 bits per heavy atom. The Balaban J connectivity index is 2.03. The number of hydrogen-bond donors (Lipinski definition) is 2. The Bertz CT molecular complexity index is 852. The number of non-ortho nitro benzene ring substituents is 1. The van der Waals surface area contributed by atoms with Gasteiger partial charge < -0.3 is 10.1 Å². The van der Waals surface area contributed by atoms with E-state index in [1.807, 2.05) is 13.8 Å². The van der Waals surface area contributed by atoms with Crippen LogP contribution in [0.4, 0.5) is 11.4 Å². The van der Waals surface area contributed by atoms with Crippen LogP contribution in [0, 0.1) is 17.0 Å². The quantitative estimate of drug-likeness (QED) is 0.470. The lowest BCUT2D eigenvalue weighted by atomic mass is 10.2. The molecule has 26 heavy (non-hydrogen) atoms. The van der Waals surface area contributed by atoms with Gasteiger partial charge in [0.05, 0.1) is 11.0 Å². The summed E-state index contributed by atoms with van der Waals surface area (Å²) < 4.78 is 5.57. The molecule has 2 aromatic rings. The summed E-state index contributed by atoms with van der Waals surface area (Å²) in [7, 11) is 0. The second-order valence-corrected chi connectivity index (χ2v) is 6.27. The fourth-order valence-electron chi connectivity index (χ4n) is 2.21. The van der Waals surface area contributed by atoms with Gasteiger partial charge in [0, 0.05) is 23.4 Å². The van der Waals surface area contributed by atoms with E-state index in [9.17, 15) is 14.9 Å². The third kappa shape index (κ3) is 5.25. The molecule has 0 aliphatic heterocycles. The molecule has 2 rings (SSSR count). The minimum atomic E-state index is -0.469. The Hall–Kier alpha value is -3.00. The Morgan fingerprint density at radius 1 is 1.23 bits per heavy atom. The number of hydrogen-bond acceptors (Lipinski definition) is 5. The highest BCUT2D eigenvalue weighted by Gasteiger charge is 2.12. The van der Waals surface area contributed by atoms with E-state index in [0.717, 1.165) is 0 Å². The third-order valence-electron chi connectivity index (χ3n) is 3.36. The van der Waals surface area contributed by atoms with Crippen LogP contribution < -0.4 is 15.4 Å². The smallest absolute Gasteiger partial charge is 0.269 e. The van der Waals surface area contributed by atoms with Crippen LogP contribution in [0.1, 0.15) is 29.8 Å². The van der Waals surface area contributed by atoms with Crippen molar-refractivity contribution in [1.29, 1.82) is 0 Å². The van der Waals surface area contributed by atoms with E-state index in [1.165, 1.54) is 12.1 Å². The minimum Gasteiger partial charge on any atom is -0.491 e. The van der Waals surface area contributed by atoms with Crippen molar-refractivity contribution in [3.8, 4) is 5.75 Å². The summed E-state index contributed by atoms with van der Waals surface area (Å²) in [5.74, 6) is 0.217. The number of nitrogens with zero attached hydrogens (tertiary/aromatic N) is 1. The van der Waals surface area contributed by atoms with E-state index in [1.54, 1.807) is 37.3 Å². The normalized spacial score (nSPS) is 10.3. The van der Waals surface area contributed by atoms with Gasteiger partial charge in [0.1, 0.15) is 5.75 Å². The summed E-state index contributed by atoms with van der Waals surface area (Å²) in [4.78, 5) is 22.6. The fourth-order valence-corrected chi connectivity index (χ4v) is 2.42. The van der Waals surface area contributed by atoms with Crippen LogP contribution in [-0.4, -0.2) is 22.0 Å². The summed E-state index contributed by atoms with van der Waals surface area (Å²) in [5, 5.41) is 16.3. The zero-order chi connectivity index (χ0) is 19.3. The molecule has 0 aliphatic rings. The van der Waals surface area contributed by atoms with Gasteiger partial charge in [-0.05, 0) is 62.8 Å². The number of anilines is 1. The van der Waals surface area contributed by atoms with Crippen LogP contribution >= 0.6 is 12.2 Å². The third-order valence-corrected chi connectivity index (χ3v) is 3.57. The van der Waals surface area contributed by atoms with Crippen molar-refractivity contribution in [2.45, 2.75) is 26.9 Å². The van der Waals surface area contributed by atoms with Crippen molar-refractivity contribution in [3.05, 3.63) is 63.7 Å². The van der Waals surface area contributed by atoms with Crippen molar-refractivity contribution in [2.24, 2.45) is 0 Å². The van der Waals surface area contributed by atoms with Crippen LogP contribution in [0.2, 0.25) is 0 Å². The maximum atomic E-state index is 12.3. The van der Waals surface area contributed by atoms with Crippen LogP contribution in [0.3, 0.4) is 0 Å². The van der Waals surface area contributed by atoms with Crippen molar-refractivity contribution in [2.75, 3.05) is 5.32 Å². The number of carbonyl (C=O) groups excluding carboxylic acids is 1. The monoisotopic (exact) mass is 373 g/mol. The van der Waals surface area contributed by atoms with Crippen LogP contribution in [0.25, 0.3) is 0 Å². The molecule has 0 radical (unpaired) electrons. The molecular weight excluding hydrogens is 354 g/mol. The summed E-state index contributed by atoms with van der Waals surface area (Å²) in [6, 6.07) is 11.1. The Kier molecular flexibility index (Phi) is 6.24. The van der Waals surface area contributed by atoms with Gasteiger partial charge in [-0.25, -0.2) is 0 Å². The van der Waals surface area contributed by atoms with E-state index < -0.39 is 4.92 Å². The second kappa shape index (κ2) is 8.39. The second-order valence-electron chi connectivity index (χ2n) is 5.86. The number of nitro benzene ring substituents is 1. The molecule has 0 aliphatic carbocycles. The summed E-state index contributed by atoms with van der Waals surface area (Å²) >= 11 is 5.15. The molecule has 0 heterocycles.